The smallest absolute Gasteiger partial charge is 0.343 e. The number of Topliss-reactive ketones (excluding diaryl/α,β-unsaturated/α-hetero) is 1. The van der Waals surface area contributed by atoms with E-state index < -0.39 is 23.1 Å². The second-order valence-corrected chi connectivity index (χ2v) is 2.90. The van der Waals surface area contributed by atoms with Crippen molar-refractivity contribution < 1.29 is 19.8 Å². The van der Waals surface area contributed by atoms with Crippen LogP contribution in [0.3, 0.4) is 0 Å². The lowest BCUT2D eigenvalue weighted by atomic mass is 10.1. The number of hydrogen-bond donors (Lipinski definition) is 2. The molecule has 0 fully saturated rings. The first-order chi connectivity index (χ1) is 6.63. The minimum Gasteiger partial charge on any atom is -0.506 e. The maximum absolute atomic E-state index is 11.4. The minimum absolute atomic E-state index is 0.238. The van der Waals surface area contributed by atoms with Gasteiger partial charge in [-0.2, -0.15) is 0 Å². The summed E-state index contributed by atoms with van der Waals surface area (Å²) in [5.74, 6) is -2.48. The second kappa shape index (κ2) is 2.70. The molecule has 1 aliphatic rings. The molecule has 0 aliphatic heterocycles. The number of benzene rings is 1. The van der Waals surface area contributed by atoms with Gasteiger partial charge in [-0.3, -0.25) is 4.79 Å². The maximum atomic E-state index is 11.4. The number of rotatable bonds is 1. The highest BCUT2D eigenvalue weighted by molar-refractivity contribution is 6.32. The first-order valence-corrected chi connectivity index (χ1v) is 3.93. The third-order valence-electron chi connectivity index (χ3n) is 2.10. The molecule has 2 rings (SSSR count). The van der Waals surface area contributed by atoms with Gasteiger partial charge in [-0.05, 0) is 0 Å². The molecule has 0 aromatic heterocycles. The Morgan fingerprint density at radius 1 is 1.14 bits per heavy atom. The van der Waals surface area contributed by atoms with Gasteiger partial charge in [-0.15, -0.1) is 0 Å². The van der Waals surface area contributed by atoms with E-state index >= 15 is 0 Å². The average molecular weight is 190 g/mol. The van der Waals surface area contributed by atoms with Crippen molar-refractivity contribution in [1.82, 2.24) is 0 Å². The first-order valence-electron chi connectivity index (χ1n) is 3.93. The van der Waals surface area contributed by atoms with Crippen molar-refractivity contribution in [3.05, 3.63) is 41.0 Å². The van der Waals surface area contributed by atoms with Crippen LogP contribution in [0.25, 0.3) is 5.76 Å². The molecule has 1 aromatic carbocycles. The summed E-state index contributed by atoms with van der Waals surface area (Å²) in [6.45, 7) is 0. The van der Waals surface area contributed by atoms with Gasteiger partial charge in [0.15, 0.2) is 0 Å². The highest BCUT2D eigenvalue weighted by Crippen LogP contribution is 2.30. The number of hydrogen-bond acceptors (Lipinski definition) is 3. The summed E-state index contributed by atoms with van der Waals surface area (Å²) in [6, 6.07) is 6.25. The van der Waals surface area contributed by atoms with Crippen LogP contribution in [-0.4, -0.2) is 22.0 Å². The van der Waals surface area contributed by atoms with Crippen molar-refractivity contribution in [2.45, 2.75) is 0 Å². The Bertz CT molecular complexity index is 471. The molecule has 0 radical (unpaired) electrons. The van der Waals surface area contributed by atoms with Crippen LogP contribution in [-0.2, 0) is 4.79 Å². The van der Waals surface area contributed by atoms with Crippen LogP contribution in [0.2, 0.25) is 0 Å². The van der Waals surface area contributed by atoms with Crippen molar-refractivity contribution in [2.75, 3.05) is 0 Å². The van der Waals surface area contributed by atoms with Crippen molar-refractivity contribution in [3.63, 3.8) is 0 Å². The van der Waals surface area contributed by atoms with Gasteiger partial charge in [-0.1, -0.05) is 24.3 Å². The zero-order valence-electron chi connectivity index (χ0n) is 7.02. The minimum atomic E-state index is -1.40. The topological polar surface area (TPSA) is 74.6 Å². The van der Waals surface area contributed by atoms with E-state index in [2.05, 4.69) is 0 Å². The summed E-state index contributed by atoms with van der Waals surface area (Å²) >= 11 is 0. The standard InChI is InChI=1S/C10H6O4/c11-8-5-3-1-2-4-6(5)9(12)7(8)10(13)14/h1-4,11H,(H,13,14). The van der Waals surface area contributed by atoms with Crippen LogP contribution in [0.5, 0.6) is 0 Å². The van der Waals surface area contributed by atoms with E-state index in [0.717, 1.165) is 0 Å². The Morgan fingerprint density at radius 3 is 2.21 bits per heavy atom. The van der Waals surface area contributed by atoms with Gasteiger partial charge in [0, 0.05) is 11.1 Å². The van der Waals surface area contributed by atoms with Crippen LogP contribution in [0.1, 0.15) is 15.9 Å². The van der Waals surface area contributed by atoms with E-state index in [0.29, 0.717) is 0 Å². The third kappa shape index (κ3) is 0.939. The van der Waals surface area contributed by atoms with Crippen molar-refractivity contribution in [1.29, 1.82) is 0 Å². The van der Waals surface area contributed by atoms with Crippen molar-refractivity contribution in [3.8, 4) is 0 Å². The number of fused-ring (bicyclic) bond motifs is 1. The SMILES string of the molecule is O=C(O)C1=C(O)c2ccccc2C1=O. The zero-order valence-corrected chi connectivity index (χ0v) is 7.02. The van der Waals surface area contributed by atoms with Crippen LogP contribution < -0.4 is 0 Å². The summed E-state index contributed by atoms with van der Waals surface area (Å²) in [6.07, 6.45) is 0. The number of carbonyl (C=O) groups is 2. The number of aliphatic hydroxyl groups is 1. The summed E-state index contributed by atoms with van der Waals surface area (Å²) in [5.41, 5.74) is -0.0245. The molecule has 4 heteroatoms. The van der Waals surface area contributed by atoms with E-state index in [4.69, 9.17) is 5.11 Å². The fraction of sp³-hybridized carbons (Fsp3) is 0. The zero-order chi connectivity index (χ0) is 10.3. The van der Waals surface area contributed by atoms with E-state index in [9.17, 15) is 14.7 Å². The quantitative estimate of drug-likeness (QED) is 0.653. The number of carboxylic acid groups (broad SMARTS) is 1. The lowest BCUT2D eigenvalue weighted by Crippen LogP contribution is -2.09. The molecule has 4 nitrogen and oxygen atoms in total. The van der Waals surface area contributed by atoms with Gasteiger partial charge >= 0.3 is 5.97 Å². The van der Waals surface area contributed by atoms with Gasteiger partial charge in [-0.25, -0.2) is 4.79 Å². The van der Waals surface area contributed by atoms with Gasteiger partial charge in [0.25, 0.3) is 0 Å². The predicted molar refractivity (Wildman–Crippen MR) is 48.0 cm³/mol. The normalized spacial score (nSPS) is 14.4. The number of aliphatic carboxylic acids is 1. The summed E-state index contributed by atoms with van der Waals surface area (Å²) in [5, 5.41) is 18.1. The summed E-state index contributed by atoms with van der Waals surface area (Å²) < 4.78 is 0. The molecule has 14 heavy (non-hydrogen) atoms. The number of carboxylic acids is 1. The lowest BCUT2D eigenvalue weighted by Gasteiger charge is -1.94. The molecule has 1 aromatic rings. The molecule has 0 spiro atoms. The molecule has 0 bridgehead atoms. The number of aliphatic hydroxyl groups excluding tert-OH is 1. The Balaban J connectivity index is 2.69. The summed E-state index contributed by atoms with van der Waals surface area (Å²) in [4.78, 5) is 22.1. The Kier molecular flexibility index (Phi) is 1.64. The second-order valence-electron chi connectivity index (χ2n) is 2.90. The molecule has 0 heterocycles. The van der Waals surface area contributed by atoms with E-state index in [1.807, 2.05) is 0 Å². The third-order valence-corrected chi connectivity index (χ3v) is 2.10. The first kappa shape index (κ1) is 8.50. The van der Waals surface area contributed by atoms with Crippen LogP contribution in [0.15, 0.2) is 29.8 Å². The largest absolute Gasteiger partial charge is 0.506 e. The molecule has 0 atom stereocenters. The average Bonchev–Trinajstić information content (AvgIpc) is 2.41. The molecule has 70 valence electrons. The van der Waals surface area contributed by atoms with E-state index in [1.54, 1.807) is 12.1 Å². The molecular formula is C10H6O4. The molecule has 0 saturated heterocycles. The van der Waals surface area contributed by atoms with Gasteiger partial charge in [0.2, 0.25) is 5.78 Å². The molecular weight excluding hydrogens is 184 g/mol. The van der Waals surface area contributed by atoms with Gasteiger partial charge in [0.05, 0.1) is 0 Å². The van der Waals surface area contributed by atoms with E-state index in [-0.39, 0.29) is 11.1 Å². The summed E-state index contributed by atoms with van der Waals surface area (Å²) in [7, 11) is 0. The number of carbonyl (C=O) groups excluding carboxylic acids is 1. The van der Waals surface area contributed by atoms with E-state index in [1.165, 1.54) is 12.1 Å². The molecule has 2 N–H and O–H groups in total. The fourth-order valence-corrected chi connectivity index (χ4v) is 1.46. The van der Waals surface area contributed by atoms with Crippen molar-refractivity contribution in [2.24, 2.45) is 0 Å². The highest BCUT2D eigenvalue weighted by Gasteiger charge is 2.33. The maximum Gasteiger partial charge on any atom is 0.343 e. The Labute approximate surface area is 79.1 Å². The van der Waals surface area contributed by atoms with Crippen LogP contribution in [0.4, 0.5) is 0 Å². The van der Waals surface area contributed by atoms with Crippen LogP contribution >= 0.6 is 0 Å². The fourth-order valence-electron chi connectivity index (χ4n) is 1.46. The van der Waals surface area contributed by atoms with Crippen LogP contribution in [0, 0.1) is 0 Å². The van der Waals surface area contributed by atoms with Gasteiger partial charge < -0.3 is 10.2 Å². The predicted octanol–water partition coefficient (Wildman–Crippen LogP) is 1.24. The Hall–Kier alpha value is -2.10. The molecule has 0 amide bonds. The van der Waals surface area contributed by atoms with Crippen molar-refractivity contribution >= 4 is 17.5 Å². The lowest BCUT2D eigenvalue weighted by molar-refractivity contribution is -0.132. The number of ketones is 1. The molecule has 0 saturated carbocycles. The highest BCUT2D eigenvalue weighted by atomic mass is 16.4. The van der Waals surface area contributed by atoms with Gasteiger partial charge in [0.1, 0.15) is 11.3 Å². The molecule has 1 aliphatic carbocycles. The molecule has 0 unspecified atom stereocenters. The Morgan fingerprint density at radius 2 is 1.71 bits per heavy atom. The monoisotopic (exact) mass is 190 g/mol.